The molecule has 0 unspecified atom stereocenters. The summed E-state index contributed by atoms with van der Waals surface area (Å²) >= 11 is 1.46. The first kappa shape index (κ1) is 18.5. The summed E-state index contributed by atoms with van der Waals surface area (Å²) in [5.41, 5.74) is 0.349. The van der Waals surface area contributed by atoms with Gasteiger partial charge in [-0.1, -0.05) is 0 Å². The number of esters is 1. The molecule has 28 heavy (non-hydrogen) atoms. The maximum Gasteiger partial charge on any atom is 0.341 e. The molecule has 0 saturated carbocycles. The molecule has 4 heterocycles. The number of ether oxygens (including phenoxy) is 1. The number of fused-ring (bicyclic) bond motifs is 3. The van der Waals surface area contributed by atoms with Gasteiger partial charge >= 0.3 is 5.97 Å². The third-order valence-corrected chi connectivity index (χ3v) is 5.54. The minimum absolute atomic E-state index is 0.0605. The van der Waals surface area contributed by atoms with Crippen molar-refractivity contribution < 1.29 is 18.3 Å². The van der Waals surface area contributed by atoms with Crippen LogP contribution < -0.4 is 5.56 Å². The van der Waals surface area contributed by atoms with Gasteiger partial charge in [0.25, 0.3) is 11.3 Å². The fourth-order valence-electron chi connectivity index (χ4n) is 2.68. The van der Waals surface area contributed by atoms with E-state index in [0.29, 0.717) is 21.8 Å². The van der Waals surface area contributed by atoms with Crippen molar-refractivity contribution in [3.63, 3.8) is 0 Å². The number of halogens is 2. The topological polar surface area (TPSA) is 91.4 Å². The molecule has 0 aromatic carbocycles. The van der Waals surface area contributed by atoms with E-state index in [9.17, 15) is 18.4 Å². The number of carbonyl (C=O) groups is 1. The number of alkyl halides is 2. The predicted molar refractivity (Wildman–Crippen MR) is 98.8 cm³/mol. The highest BCUT2D eigenvalue weighted by atomic mass is 32.2. The molecule has 0 fully saturated rings. The van der Waals surface area contributed by atoms with E-state index in [1.54, 1.807) is 22.9 Å². The molecule has 12 heteroatoms. The molecule has 144 valence electrons. The molecule has 0 saturated heterocycles. The number of hydrogen-bond acceptors (Lipinski definition) is 8. The number of carbonyl (C=O) groups excluding carboxylic acids is 1. The maximum absolute atomic E-state index is 12.7. The lowest BCUT2D eigenvalue weighted by Gasteiger charge is -2.08. The van der Waals surface area contributed by atoms with Crippen molar-refractivity contribution in [2.75, 3.05) is 0 Å². The van der Waals surface area contributed by atoms with E-state index in [-0.39, 0.29) is 34.5 Å². The third-order valence-electron chi connectivity index (χ3n) is 3.92. The summed E-state index contributed by atoms with van der Waals surface area (Å²) in [7, 11) is 1.57. The first-order valence-electron chi connectivity index (χ1n) is 7.84. The van der Waals surface area contributed by atoms with E-state index in [2.05, 4.69) is 15.2 Å². The quantitative estimate of drug-likeness (QED) is 0.360. The van der Waals surface area contributed by atoms with Crippen molar-refractivity contribution in [3.8, 4) is 0 Å². The highest BCUT2D eigenvalue weighted by Crippen LogP contribution is 2.27. The molecule has 0 radical (unpaired) electrons. The Hall–Kier alpha value is -2.86. The zero-order valence-corrected chi connectivity index (χ0v) is 15.8. The number of aromatic nitrogens is 5. The van der Waals surface area contributed by atoms with E-state index in [1.165, 1.54) is 34.2 Å². The lowest BCUT2D eigenvalue weighted by molar-refractivity contribution is 0.0456. The summed E-state index contributed by atoms with van der Waals surface area (Å²) in [6, 6.07) is 4.58. The summed E-state index contributed by atoms with van der Waals surface area (Å²) < 4.78 is 34.1. The van der Waals surface area contributed by atoms with Crippen LogP contribution in [0.25, 0.3) is 16.0 Å². The van der Waals surface area contributed by atoms with Crippen molar-refractivity contribution in [1.82, 2.24) is 24.1 Å². The van der Waals surface area contributed by atoms with Gasteiger partial charge in [0.05, 0.1) is 11.1 Å². The Kier molecular flexibility index (Phi) is 4.81. The maximum atomic E-state index is 12.7. The van der Waals surface area contributed by atoms with Gasteiger partial charge in [-0.15, -0.1) is 21.5 Å². The molecule has 0 aliphatic rings. The van der Waals surface area contributed by atoms with Crippen LogP contribution in [0.5, 0.6) is 0 Å². The van der Waals surface area contributed by atoms with Crippen LogP contribution in [-0.4, -0.2) is 35.9 Å². The molecule has 8 nitrogen and oxygen atoms in total. The number of nitrogens with zero attached hydrogens (tertiary/aromatic N) is 5. The zero-order chi connectivity index (χ0) is 19.8. The van der Waals surface area contributed by atoms with Crippen LogP contribution in [0.1, 0.15) is 16.2 Å². The van der Waals surface area contributed by atoms with Crippen molar-refractivity contribution >= 4 is 45.1 Å². The third kappa shape index (κ3) is 3.14. The predicted octanol–water partition coefficient (Wildman–Crippen LogP) is 2.71. The highest BCUT2D eigenvalue weighted by Gasteiger charge is 2.20. The Bertz CT molecular complexity index is 1250. The van der Waals surface area contributed by atoms with Gasteiger partial charge in [0.2, 0.25) is 5.78 Å². The average molecular weight is 423 g/mol. The van der Waals surface area contributed by atoms with E-state index in [0.717, 1.165) is 0 Å². The van der Waals surface area contributed by atoms with Crippen molar-refractivity contribution in [3.05, 3.63) is 51.5 Å². The highest BCUT2D eigenvalue weighted by molar-refractivity contribution is 7.99. The van der Waals surface area contributed by atoms with Gasteiger partial charge in [-0.05, 0) is 35.3 Å². The summed E-state index contributed by atoms with van der Waals surface area (Å²) in [5.74, 6) is -2.92. The zero-order valence-electron chi connectivity index (χ0n) is 14.2. The van der Waals surface area contributed by atoms with Crippen LogP contribution >= 0.6 is 23.1 Å². The fraction of sp³-hybridized carbons (Fsp3) is 0.188. The Labute approximate surface area is 163 Å². The Balaban J connectivity index is 1.66. The molecule has 4 aromatic rings. The van der Waals surface area contributed by atoms with E-state index in [1.807, 2.05) is 0 Å². The molecular formula is C16H11F2N5O3S2. The number of thiophene rings is 1. The smallest absolute Gasteiger partial charge is 0.341 e. The van der Waals surface area contributed by atoms with Crippen LogP contribution in [-0.2, 0) is 18.4 Å². The normalized spacial score (nSPS) is 11.6. The van der Waals surface area contributed by atoms with Gasteiger partial charge in [0, 0.05) is 13.2 Å². The standard InChI is InChI=1S/C16H11F2N5O3S2/c1-22-13(24)11-9(4-6-27-11)23-10(20-21-16(22)23)7-26-14(25)8-3-2-5-19-12(8)28-15(17)18/h2-6,15H,7H2,1H3. The second-order valence-electron chi connectivity index (χ2n) is 5.56. The molecule has 0 amide bonds. The molecule has 0 bridgehead atoms. The minimum atomic E-state index is -2.71. The molecule has 0 spiro atoms. The molecule has 0 atom stereocenters. The lowest BCUT2D eigenvalue weighted by atomic mass is 10.3. The number of thioether (sulfide) groups is 1. The second-order valence-corrected chi connectivity index (χ2v) is 7.46. The molecule has 0 aliphatic heterocycles. The van der Waals surface area contributed by atoms with Gasteiger partial charge in [0.15, 0.2) is 12.4 Å². The van der Waals surface area contributed by atoms with Crippen LogP contribution in [0.15, 0.2) is 39.6 Å². The SMILES string of the molecule is Cn1c(=O)c2sccc2n2c(COC(=O)c3cccnc3SC(F)F)nnc12. The number of hydrogen-bond donors (Lipinski definition) is 0. The number of aryl methyl sites for hydroxylation is 1. The summed E-state index contributed by atoms with van der Waals surface area (Å²) in [6.07, 6.45) is 1.32. The van der Waals surface area contributed by atoms with E-state index >= 15 is 0 Å². The Morgan fingerprint density at radius 2 is 2.18 bits per heavy atom. The Morgan fingerprint density at radius 3 is 2.96 bits per heavy atom. The van der Waals surface area contributed by atoms with Gasteiger partial charge in [-0.25, -0.2) is 9.78 Å². The lowest BCUT2D eigenvalue weighted by Crippen LogP contribution is -2.19. The molecule has 0 aliphatic carbocycles. The van der Waals surface area contributed by atoms with Gasteiger partial charge in [0.1, 0.15) is 9.73 Å². The number of pyridine rings is 1. The number of rotatable bonds is 5. The summed E-state index contributed by atoms with van der Waals surface area (Å²) in [4.78, 5) is 28.5. The monoisotopic (exact) mass is 423 g/mol. The summed E-state index contributed by atoms with van der Waals surface area (Å²) in [5, 5.41) is 9.65. The van der Waals surface area contributed by atoms with E-state index in [4.69, 9.17) is 4.74 Å². The molecule has 4 rings (SSSR count). The first-order valence-corrected chi connectivity index (χ1v) is 9.60. The van der Waals surface area contributed by atoms with Crippen molar-refractivity contribution in [2.45, 2.75) is 17.4 Å². The molecule has 4 aromatic heterocycles. The second kappa shape index (κ2) is 7.28. The van der Waals surface area contributed by atoms with E-state index < -0.39 is 11.7 Å². The largest absolute Gasteiger partial charge is 0.454 e. The molecular weight excluding hydrogens is 412 g/mol. The summed E-state index contributed by atoms with van der Waals surface area (Å²) in [6.45, 7) is -0.253. The average Bonchev–Trinajstić information content (AvgIpc) is 3.31. The van der Waals surface area contributed by atoms with Crippen LogP contribution in [0.3, 0.4) is 0 Å². The van der Waals surface area contributed by atoms with Gasteiger partial charge in [-0.3, -0.25) is 13.8 Å². The van der Waals surface area contributed by atoms with Crippen molar-refractivity contribution in [2.24, 2.45) is 7.05 Å². The Morgan fingerprint density at radius 1 is 1.36 bits per heavy atom. The van der Waals surface area contributed by atoms with Crippen LogP contribution in [0.4, 0.5) is 8.78 Å². The van der Waals surface area contributed by atoms with Gasteiger partial charge < -0.3 is 4.74 Å². The first-order chi connectivity index (χ1) is 13.5. The minimum Gasteiger partial charge on any atom is -0.454 e. The molecule has 0 N–H and O–H groups in total. The van der Waals surface area contributed by atoms with Crippen LogP contribution in [0, 0.1) is 0 Å². The van der Waals surface area contributed by atoms with Crippen LogP contribution in [0.2, 0.25) is 0 Å². The van der Waals surface area contributed by atoms with Crippen molar-refractivity contribution in [1.29, 1.82) is 0 Å². The van der Waals surface area contributed by atoms with Gasteiger partial charge in [-0.2, -0.15) is 8.78 Å². The fourth-order valence-corrected chi connectivity index (χ4v) is 4.10.